The van der Waals surface area contributed by atoms with Crippen LogP contribution in [0.2, 0.25) is 0 Å². The lowest BCUT2D eigenvalue weighted by Crippen LogP contribution is -2.71. The van der Waals surface area contributed by atoms with Gasteiger partial charge in [0, 0.05) is 42.2 Å². The number of nitrogens with zero attached hydrogens (tertiary/aromatic N) is 6. The molecule has 15 nitrogen and oxygen atoms in total. The first-order chi connectivity index (χ1) is 36.1. The van der Waals surface area contributed by atoms with Crippen LogP contribution in [0, 0.1) is 6.92 Å². The first kappa shape index (κ1) is 50.1. The fraction of sp³-hybridized carbons (Fsp3) is 0.200. The largest absolute Gasteiger partial charge is 0.448 e. The van der Waals surface area contributed by atoms with Crippen LogP contribution in [0.15, 0.2) is 189 Å². The van der Waals surface area contributed by atoms with E-state index in [1.807, 2.05) is 122 Å². The molecule has 2 amide bonds. The minimum Gasteiger partial charge on any atom is -0.448 e. The van der Waals surface area contributed by atoms with Crippen molar-refractivity contribution in [2.24, 2.45) is 5.16 Å². The van der Waals surface area contributed by atoms with Gasteiger partial charge in [0.15, 0.2) is 21.3 Å². The quantitative estimate of drug-likeness (QED) is 0.0149. The zero-order valence-corrected chi connectivity index (χ0v) is 43.5. The third kappa shape index (κ3) is 10.3. The van der Waals surface area contributed by atoms with Gasteiger partial charge in [-0.05, 0) is 40.3 Å². The first-order valence-corrected chi connectivity index (χ1v) is 27.3. The molecule has 2 N–H and O–H groups in total. The third-order valence-corrected chi connectivity index (χ3v) is 16.7. The second kappa shape index (κ2) is 22.4. The number of thiazole rings is 1. The number of nitrogens with one attached hydrogen (secondary N) is 2. The van der Waals surface area contributed by atoms with Crippen LogP contribution in [0.1, 0.15) is 58.7 Å². The molecule has 0 bridgehead atoms. The molecular formula is C55H48N8O7S4. The molecule has 0 saturated carbocycles. The predicted molar refractivity (Wildman–Crippen MR) is 289 cm³/mol. The average molecular weight is 1060 g/mol. The number of β-lactam (4-membered cyclic amide) rings is 1. The fourth-order valence-electron chi connectivity index (χ4n) is 8.86. The molecule has 3 atom stereocenters. The number of carbonyl (C=O) groups is 3. The molecule has 3 aromatic heterocycles. The molecule has 1 fully saturated rings. The number of aromatic nitrogens is 4. The number of carbonyl (C=O) groups excluding carboxylic acids is 3. The number of amides is 2. The molecule has 10 rings (SSSR count). The van der Waals surface area contributed by atoms with E-state index in [-0.39, 0.29) is 28.4 Å². The van der Waals surface area contributed by atoms with Crippen molar-refractivity contribution in [2.45, 2.75) is 54.0 Å². The van der Waals surface area contributed by atoms with Gasteiger partial charge in [-0.2, -0.15) is 4.98 Å². The highest BCUT2D eigenvalue weighted by atomic mass is 32.2. The van der Waals surface area contributed by atoms with Crippen LogP contribution in [0.25, 0.3) is 4.96 Å². The Kier molecular flexibility index (Phi) is 15.2. The SMILES string of the molecule is CCC(OC)ON=C(C(=O)N[C@@H]1C(=O)N2C(C(=O)OC(c3ccccc3)c3ccccc3)=C(CSc3nn4c(C)cc(=O)nc4s3)CS[C@H]12)c1csc(NC(c2ccccc2)(c2ccccc2)c2ccccc2)n1. The van der Waals surface area contributed by atoms with Crippen LogP contribution in [-0.2, 0) is 34.2 Å². The number of hydrogen-bond donors (Lipinski definition) is 2. The zero-order chi connectivity index (χ0) is 51.2. The fourth-order valence-corrected chi connectivity index (χ4v) is 13.1. The van der Waals surface area contributed by atoms with Crippen molar-refractivity contribution in [2.75, 3.05) is 23.9 Å². The van der Waals surface area contributed by atoms with E-state index in [0.29, 0.717) is 37.9 Å². The van der Waals surface area contributed by atoms with E-state index in [9.17, 15) is 19.2 Å². The Morgan fingerprint density at radius 2 is 1.42 bits per heavy atom. The molecule has 8 aromatic rings. The number of hydrogen-bond acceptors (Lipinski definition) is 16. The maximum Gasteiger partial charge on any atom is 0.356 e. The number of esters is 1. The van der Waals surface area contributed by atoms with Crippen LogP contribution in [0.5, 0.6) is 0 Å². The van der Waals surface area contributed by atoms with E-state index in [0.717, 1.165) is 27.8 Å². The number of rotatable bonds is 19. The molecule has 1 unspecified atom stereocenters. The molecule has 374 valence electrons. The van der Waals surface area contributed by atoms with Gasteiger partial charge in [0.2, 0.25) is 11.3 Å². The summed E-state index contributed by atoms with van der Waals surface area (Å²) in [7, 11) is 1.48. The van der Waals surface area contributed by atoms with Crippen molar-refractivity contribution in [3.8, 4) is 0 Å². The number of fused-ring (bicyclic) bond motifs is 2. The van der Waals surface area contributed by atoms with Crippen LogP contribution in [0.3, 0.4) is 0 Å². The molecule has 0 aliphatic carbocycles. The van der Waals surface area contributed by atoms with Crippen LogP contribution >= 0.6 is 46.2 Å². The lowest BCUT2D eigenvalue weighted by atomic mass is 9.77. The maximum absolute atomic E-state index is 14.8. The van der Waals surface area contributed by atoms with Gasteiger partial charge in [0.25, 0.3) is 17.4 Å². The highest BCUT2D eigenvalue weighted by Crippen LogP contribution is 2.44. The average Bonchev–Trinajstić information content (AvgIpc) is 4.10. The van der Waals surface area contributed by atoms with Gasteiger partial charge in [-0.1, -0.05) is 187 Å². The van der Waals surface area contributed by atoms with Gasteiger partial charge in [0.1, 0.15) is 28.3 Å². The Labute approximate surface area is 442 Å². The summed E-state index contributed by atoms with van der Waals surface area (Å²) >= 11 is 5.31. The van der Waals surface area contributed by atoms with Crippen molar-refractivity contribution >= 4 is 79.8 Å². The number of thioether (sulfide) groups is 2. The number of benzene rings is 5. The predicted octanol–water partition coefficient (Wildman–Crippen LogP) is 9.20. The van der Waals surface area contributed by atoms with E-state index in [1.165, 1.54) is 64.3 Å². The topological polar surface area (TPSA) is 179 Å². The Hall–Kier alpha value is -7.42. The maximum atomic E-state index is 14.8. The lowest BCUT2D eigenvalue weighted by Gasteiger charge is -2.49. The standard InChI is InChI=1S/C55H48N8O7S4/c1-4-43(68-3)70-61-44(41-33-72-52(56-41)59-55(38-24-14-7-15-25-38,39-26-16-8-17-27-39)40-28-18-9-19-29-40)48(65)58-45-49(66)62-46(51(67)69-47(35-20-10-5-11-21-35)36-22-12-6-13-23-36)37(31-71-50(45)62)32-73-54-60-63-34(2)30-42(64)57-53(63)74-54/h5-30,33,43,45,47,50H,4,31-32H2,1-3H3,(H,56,59)(H,58,65)/t43?,45-,50-/m1/s1. The lowest BCUT2D eigenvalue weighted by molar-refractivity contribution is -0.154. The summed E-state index contributed by atoms with van der Waals surface area (Å²) in [5.41, 5.74) is 4.51. The Balaban J connectivity index is 0.957. The highest BCUT2D eigenvalue weighted by Gasteiger charge is 2.55. The second-order valence-electron chi connectivity index (χ2n) is 17.1. The van der Waals surface area contributed by atoms with Gasteiger partial charge in [-0.25, -0.2) is 14.3 Å². The van der Waals surface area contributed by atoms with E-state index in [1.54, 1.807) is 16.8 Å². The van der Waals surface area contributed by atoms with Gasteiger partial charge in [0.05, 0.1) is 0 Å². The minimum absolute atomic E-state index is 0.0931. The van der Waals surface area contributed by atoms with Crippen molar-refractivity contribution in [1.82, 2.24) is 29.8 Å². The van der Waals surface area contributed by atoms with E-state index in [2.05, 4.69) is 62.3 Å². The Morgan fingerprint density at radius 3 is 1.99 bits per heavy atom. The van der Waals surface area contributed by atoms with Crippen molar-refractivity contribution in [3.63, 3.8) is 0 Å². The summed E-state index contributed by atoms with van der Waals surface area (Å²) in [5.74, 6) is -1.34. The summed E-state index contributed by atoms with van der Waals surface area (Å²) < 4.78 is 14.1. The third-order valence-electron chi connectivity index (χ3n) is 12.5. The molecule has 5 heterocycles. The molecule has 1 saturated heterocycles. The van der Waals surface area contributed by atoms with Crippen LogP contribution < -0.4 is 16.2 Å². The smallest absolute Gasteiger partial charge is 0.356 e. The molecule has 0 spiro atoms. The van der Waals surface area contributed by atoms with Gasteiger partial charge < -0.3 is 24.9 Å². The van der Waals surface area contributed by atoms with E-state index >= 15 is 0 Å². The van der Waals surface area contributed by atoms with Gasteiger partial charge in [-0.15, -0.1) is 28.2 Å². The molecule has 5 aromatic carbocycles. The molecule has 2 aliphatic heterocycles. The number of methoxy groups -OCH3 is 1. The van der Waals surface area contributed by atoms with Crippen molar-refractivity contribution < 1.29 is 28.7 Å². The monoisotopic (exact) mass is 1060 g/mol. The Morgan fingerprint density at radius 1 is 0.838 bits per heavy atom. The number of anilines is 1. The molecule has 2 aliphatic rings. The normalized spacial score (nSPS) is 16.1. The first-order valence-electron chi connectivity index (χ1n) is 23.6. The van der Waals surface area contributed by atoms with Crippen molar-refractivity contribution in [3.05, 3.63) is 224 Å². The van der Waals surface area contributed by atoms with E-state index in [4.69, 9.17) is 19.3 Å². The van der Waals surface area contributed by atoms with Crippen LogP contribution in [-0.4, -0.2) is 84.3 Å². The Bertz CT molecular complexity index is 3270. The van der Waals surface area contributed by atoms with E-state index < -0.39 is 47.1 Å². The number of oxime groups is 1. The highest BCUT2D eigenvalue weighted by molar-refractivity contribution is 8.02. The second-order valence-corrected chi connectivity index (χ2v) is 21.3. The van der Waals surface area contributed by atoms with Gasteiger partial charge >= 0.3 is 5.97 Å². The van der Waals surface area contributed by atoms with Gasteiger partial charge in [-0.3, -0.25) is 19.3 Å². The number of aryl methyl sites for hydroxylation is 1. The molecule has 74 heavy (non-hydrogen) atoms. The minimum atomic E-state index is -1.06. The summed E-state index contributed by atoms with van der Waals surface area (Å²) in [6, 6.07) is 49.4. The summed E-state index contributed by atoms with van der Waals surface area (Å²) in [4.78, 5) is 73.1. The summed E-state index contributed by atoms with van der Waals surface area (Å²) in [5, 5.41) is 17.2. The zero-order valence-electron chi connectivity index (χ0n) is 40.2. The molecule has 19 heteroatoms. The summed E-state index contributed by atoms with van der Waals surface area (Å²) in [6.45, 7) is 3.64. The van der Waals surface area contributed by atoms with Crippen molar-refractivity contribution in [1.29, 1.82) is 0 Å². The molecular weight excluding hydrogens is 1010 g/mol. The number of ether oxygens (including phenoxy) is 2. The molecule has 0 radical (unpaired) electrons. The van der Waals surface area contributed by atoms with Crippen LogP contribution in [0.4, 0.5) is 5.13 Å². The summed E-state index contributed by atoms with van der Waals surface area (Å²) in [6.07, 6.45) is -1.14.